The van der Waals surface area contributed by atoms with Gasteiger partial charge in [-0.1, -0.05) is 29.5 Å². The summed E-state index contributed by atoms with van der Waals surface area (Å²) in [5, 5.41) is 20.9. The van der Waals surface area contributed by atoms with Crippen LogP contribution in [0, 0.1) is 10.1 Å². The number of rotatable bonds is 6. The number of aromatic nitrogens is 1. The quantitative estimate of drug-likeness (QED) is 0.308. The van der Waals surface area contributed by atoms with E-state index in [2.05, 4.69) is 4.99 Å². The zero-order valence-electron chi connectivity index (χ0n) is 20.1. The number of phenols is 1. The third-order valence-electron chi connectivity index (χ3n) is 5.74. The van der Waals surface area contributed by atoms with Gasteiger partial charge in [-0.25, -0.2) is 9.79 Å². The van der Waals surface area contributed by atoms with Gasteiger partial charge in [-0.2, -0.15) is 0 Å². The fourth-order valence-corrected chi connectivity index (χ4v) is 5.04. The third-order valence-corrected chi connectivity index (χ3v) is 6.72. The highest BCUT2D eigenvalue weighted by atomic mass is 32.1. The molecule has 1 aliphatic heterocycles. The summed E-state index contributed by atoms with van der Waals surface area (Å²) in [5.41, 5.74) is 1.90. The predicted molar refractivity (Wildman–Crippen MR) is 136 cm³/mol. The van der Waals surface area contributed by atoms with E-state index in [0.717, 1.165) is 17.0 Å². The van der Waals surface area contributed by atoms with Gasteiger partial charge in [0.1, 0.15) is 0 Å². The Bertz CT molecular complexity index is 1570. The molecule has 1 aromatic heterocycles. The van der Waals surface area contributed by atoms with Crippen molar-refractivity contribution in [1.29, 1.82) is 0 Å². The number of anilines is 1. The van der Waals surface area contributed by atoms with Gasteiger partial charge in [-0.05, 0) is 49.2 Å². The minimum atomic E-state index is -0.757. The highest BCUT2D eigenvalue weighted by molar-refractivity contribution is 7.07. The minimum absolute atomic E-state index is 0.173. The number of ether oxygens (including phenoxy) is 1. The van der Waals surface area contributed by atoms with E-state index in [-0.39, 0.29) is 16.7 Å². The summed E-state index contributed by atoms with van der Waals surface area (Å²) in [6, 6.07) is 10.6. The van der Waals surface area contributed by atoms with Gasteiger partial charge in [0.2, 0.25) is 0 Å². The molecule has 36 heavy (non-hydrogen) atoms. The maximum absolute atomic E-state index is 13.6. The molecule has 0 spiro atoms. The molecule has 3 aromatic rings. The highest BCUT2D eigenvalue weighted by Crippen LogP contribution is 2.32. The second-order valence-corrected chi connectivity index (χ2v) is 9.30. The first-order valence-corrected chi connectivity index (χ1v) is 11.9. The number of nitro benzene ring substituents is 1. The SMILES string of the molecule is CCOC(=O)C1=C(C)N=c2s/c(=C\c3ccc(O)c([N+](=O)[O-])c3)c(=O)n2[C@@H]1c1ccc(N(C)C)cc1. The van der Waals surface area contributed by atoms with Gasteiger partial charge in [-0.3, -0.25) is 19.5 Å². The number of phenolic OH excluding ortho intramolecular Hbond substituents is 1. The van der Waals surface area contributed by atoms with Gasteiger partial charge in [0.05, 0.1) is 33.4 Å². The Hall–Kier alpha value is -4.25. The fourth-order valence-electron chi connectivity index (χ4n) is 3.99. The predicted octanol–water partition coefficient (Wildman–Crippen LogP) is 2.48. The molecule has 0 saturated carbocycles. The van der Waals surface area contributed by atoms with Crippen LogP contribution >= 0.6 is 11.3 Å². The number of nitro groups is 1. The van der Waals surface area contributed by atoms with Crippen molar-refractivity contribution in [1.82, 2.24) is 4.57 Å². The number of fused-ring (bicyclic) bond motifs is 1. The molecule has 0 unspecified atom stereocenters. The summed E-state index contributed by atoms with van der Waals surface area (Å²) in [6.07, 6.45) is 1.51. The molecule has 1 N–H and O–H groups in total. The summed E-state index contributed by atoms with van der Waals surface area (Å²) in [5.74, 6) is -1.02. The van der Waals surface area contributed by atoms with Crippen LogP contribution < -0.4 is 19.8 Å². The molecule has 0 radical (unpaired) electrons. The van der Waals surface area contributed by atoms with Crippen molar-refractivity contribution in [2.45, 2.75) is 19.9 Å². The van der Waals surface area contributed by atoms with Crippen LogP contribution in [0.15, 0.2) is 63.5 Å². The van der Waals surface area contributed by atoms with Crippen LogP contribution in [0.1, 0.15) is 31.0 Å². The van der Waals surface area contributed by atoms with Crippen LogP contribution in [-0.4, -0.2) is 41.3 Å². The van der Waals surface area contributed by atoms with E-state index in [0.29, 0.717) is 21.6 Å². The molecule has 0 aliphatic carbocycles. The van der Waals surface area contributed by atoms with Gasteiger partial charge in [-0.15, -0.1) is 0 Å². The molecule has 2 heterocycles. The normalized spacial score (nSPS) is 15.3. The summed E-state index contributed by atoms with van der Waals surface area (Å²) in [4.78, 5) is 43.9. The van der Waals surface area contributed by atoms with Crippen molar-refractivity contribution in [2.75, 3.05) is 25.6 Å². The second kappa shape index (κ2) is 9.78. The monoisotopic (exact) mass is 508 g/mol. The van der Waals surface area contributed by atoms with Crippen LogP contribution in [0.2, 0.25) is 0 Å². The highest BCUT2D eigenvalue weighted by Gasteiger charge is 2.33. The van der Waals surface area contributed by atoms with Gasteiger partial charge in [0.25, 0.3) is 5.56 Å². The van der Waals surface area contributed by atoms with Gasteiger partial charge in [0, 0.05) is 25.8 Å². The summed E-state index contributed by atoms with van der Waals surface area (Å²) < 4.78 is 7.03. The van der Waals surface area contributed by atoms with Gasteiger partial charge >= 0.3 is 11.7 Å². The number of aromatic hydroxyl groups is 1. The van der Waals surface area contributed by atoms with Crippen molar-refractivity contribution in [3.63, 3.8) is 0 Å². The van der Waals surface area contributed by atoms with Crippen molar-refractivity contribution in [3.8, 4) is 5.75 Å². The average molecular weight is 509 g/mol. The molecule has 0 bridgehead atoms. The van der Waals surface area contributed by atoms with E-state index in [1.807, 2.05) is 43.3 Å². The Kier molecular flexibility index (Phi) is 6.75. The van der Waals surface area contributed by atoms with Crippen LogP contribution in [-0.2, 0) is 9.53 Å². The van der Waals surface area contributed by atoms with E-state index >= 15 is 0 Å². The van der Waals surface area contributed by atoms with Crippen molar-refractivity contribution in [2.24, 2.45) is 4.99 Å². The Morgan fingerprint density at radius 1 is 1.28 bits per heavy atom. The third kappa shape index (κ3) is 4.52. The lowest BCUT2D eigenvalue weighted by molar-refractivity contribution is -0.385. The minimum Gasteiger partial charge on any atom is -0.502 e. The Balaban J connectivity index is 1.93. The zero-order valence-corrected chi connectivity index (χ0v) is 20.9. The number of allylic oxidation sites excluding steroid dienone is 1. The number of esters is 1. The summed E-state index contributed by atoms with van der Waals surface area (Å²) in [6.45, 7) is 3.58. The van der Waals surface area contributed by atoms with E-state index in [1.54, 1.807) is 13.8 Å². The Labute approximate surface area is 209 Å². The van der Waals surface area contributed by atoms with Crippen LogP contribution in [0.25, 0.3) is 6.08 Å². The topological polar surface area (TPSA) is 127 Å². The lowest BCUT2D eigenvalue weighted by Gasteiger charge is -2.25. The van der Waals surface area contributed by atoms with E-state index in [4.69, 9.17) is 4.74 Å². The second-order valence-electron chi connectivity index (χ2n) is 8.29. The molecule has 0 amide bonds. The first kappa shape index (κ1) is 24.9. The molecule has 4 rings (SSSR count). The summed E-state index contributed by atoms with van der Waals surface area (Å²) >= 11 is 1.11. The first-order valence-electron chi connectivity index (χ1n) is 11.1. The lowest BCUT2D eigenvalue weighted by atomic mass is 9.95. The fraction of sp³-hybridized carbons (Fsp3) is 0.240. The molecule has 11 heteroatoms. The Morgan fingerprint density at radius 3 is 2.58 bits per heavy atom. The van der Waals surface area contributed by atoms with Crippen LogP contribution in [0.3, 0.4) is 0 Å². The van der Waals surface area contributed by atoms with E-state index < -0.39 is 33.9 Å². The standard InChI is InChI=1S/C25H24N4O6S/c1-5-35-24(32)21-14(2)26-25-28(22(21)16-7-9-17(10-8-16)27(3)4)23(31)20(36-25)13-15-6-11-19(30)18(12-15)29(33)34/h6-13,22,30H,5H2,1-4H3/b20-13-/t22-/m1/s1. The average Bonchev–Trinajstić information content (AvgIpc) is 3.13. The number of hydrogen-bond acceptors (Lipinski definition) is 9. The molecule has 186 valence electrons. The lowest BCUT2D eigenvalue weighted by Crippen LogP contribution is -2.39. The maximum Gasteiger partial charge on any atom is 0.338 e. The van der Waals surface area contributed by atoms with Crippen molar-refractivity contribution < 1.29 is 19.6 Å². The number of carbonyl (C=O) groups is 1. The van der Waals surface area contributed by atoms with Gasteiger partial charge < -0.3 is 14.7 Å². The maximum atomic E-state index is 13.6. The van der Waals surface area contributed by atoms with Crippen molar-refractivity contribution in [3.05, 3.63) is 94.7 Å². The number of carbonyl (C=O) groups excluding carboxylic acids is 1. The smallest absolute Gasteiger partial charge is 0.338 e. The Morgan fingerprint density at radius 2 is 1.97 bits per heavy atom. The molecule has 1 atom stereocenters. The molecule has 0 saturated heterocycles. The molecule has 1 aliphatic rings. The van der Waals surface area contributed by atoms with Gasteiger partial charge in [0.15, 0.2) is 10.6 Å². The molecular formula is C25H24N4O6S. The number of benzene rings is 2. The van der Waals surface area contributed by atoms with Crippen LogP contribution in [0.5, 0.6) is 5.75 Å². The number of thiazole rings is 1. The number of hydrogen-bond donors (Lipinski definition) is 1. The first-order chi connectivity index (χ1) is 17.1. The van der Waals surface area contributed by atoms with Crippen molar-refractivity contribution >= 4 is 34.8 Å². The molecule has 0 fully saturated rings. The largest absolute Gasteiger partial charge is 0.502 e. The van der Waals surface area contributed by atoms with Crippen LogP contribution in [0.4, 0.5) is 11.4 Å². The summed E-state index contributed by atoms with van der Waals surface area (Å²) in [7, 11) is 3.83. The molecule has 2 aromatic carbocycles. The molecular weight excluding hydrogens is 484 g/mol. The van der Waals surface area contributed by atoms with E-state index in [1.165, 1.54) is 28.8 Å². The zero-order chi connectivity index (χ0) is 26.1. The van der Waals surface area contributed by atoms with E-state index in [9.17, 15) is 24.8 Å². The number of nitrogens with zero attached hydrogens (tertiary/aromatic N) is 4. The molecule has 10 nitrogen and oxygen atoms in total.